The van der Waals surface area contributed by atoms with Crippen LogP contribution in [0.2, 0.25) is 5.02 Å². The summed E-state index contributed by atoms with van der Waals surface area (Å²) in [7, 11) is 0. The van der Waals surface area contributed by atoms with Gasteiger partial charge in [0.05, 0.1) is 5.52 Å². The van der Waals surface area contributed by atoms with E-state index in [4.69, 9.17) is 11.6 Å². The first kappa shape index (κ1) is 20.0. The molecule has 0 radical (unpaired) electrons. The molecular formula is C22H17ClN4O2S. The van der Waals surface area contributed by atoms with Crippen LogP contribution in [0.3, 0.4) is 0 Å². The van der Waals surface area contributed by atoms with Gasteiger partial charge in [0.2, 0.25) is 5.91 Å². The first-order valence-corrected chi connectivity index (χ1v) is 10.3. The fraction of sp³-hybridized carbons (Fsp3) is 0.0455. The van der Waals surface area contributed by atoms with Crippen molar-refractivity contribution in [1.82, 2.24) is 10.2 Å². The molecule has 0 fully saturated rings. The van der Waals surface area contributed by atoms with Gasteiger partial charge in [-0.15, -0.1) is 0 Å². The van der Waals surface area contributed by atoms with Gasteiger partial charge >= 0.3 is 0 Å². The first-order chi connectivity index (χ1) is 14.5. The molecule has 0 saturated carbocycles. The highest BCUT2D eigenvalue weighted by Gasteiger charge is 2.10. The van der Waals surface area contributed by atoms with Crippen molar-refractivity contribution in [3.63, 3.8) is 0 Å². The third-order valence-corrected chi connectivity index (χ3v) is 5.46. The van der Waals surface area contributed by atoms with E-state index in [2.05, 4.69) is 20.8 Å². The molecule has 0 unspecified atom stereocenters. The monoisotopic (exact) mass is 436 g/mol. The van der Waals surface area contributed by atoms with E-state index in [1.54, 1.807) is 36.0 Å². The molecule has 0 aliphatic rings. The Kier molecular flexibility index (Phi) is 5.74. The van der Waals surface area contributed by atoms with Crippen LogP contribution in [0.1, 0.15) is 17.3 Å². The molecule has 3 aromatic carbocycles. The summed E-state index contributed by atoms with van der Waals surface area (Å²) in [5, 5.41) is 14.0. The minimum atomic E-state index is -0.218. The molecule has 0 spiro atoms. The van der Waals surface area contributed by atoms with Crippen LogP contribution in [0, 0.1) is 0 Å². The zero-order valence-corrected chi connectivity index (χ0v) is 17.5. The Balaban J connectivity index is 1.50. The fourth-order valence-electron chi connectivity index (χ4n) is 2.93. The molecule has 0 aliphatic carbocycles. The van der Waals surface area contributed by atoms with Crippen LogP contribution in [0.5, 0.6) is 0 Å². The highest BCUT2D eigenvalue weighted by Crippen LogP contribution is 2.32. The Morgan fingerprint density at radius 1 is 0.967 bits per heavy atom. The molecular weight excluding hydrogens is 420 g/mol. The number of hydrogen-bond donors (Lipinski definition) is 3. The minimum Gasteiger partial charge on any atom is -0.322 e. The molecule has 0 atom stereocenters. The number of nitrogens with one attached hydrogen (secondary N) is 3. The number of H-pyrrole nitrogens is 1. The van der Waals surface area contributed by atoms with Crippen LogP contribution in [0.4, 0.5) is 11.5 Å². The number of carbonyl (C=O) groups excluding carboxylic acids is 2. The van der Waals surface area contributed by atoms with Crippen LogP contribution in [-0.2, 0) is 4.79 Å². The lowest BCUT2D eigenvalue weighted by molar-refractivity contribution is -0.114. The average Bonchev–Trinajstić information content (AvgIpc) is 3.09. The number of halogens is 1. The predicted octanol–water partition coefficient (Wildman–Crippen LogP) is 5.58. The van der Waals surface area contributed by atoms with Crippen LogP contribution in [-0.4, -0.2) is 22.0 Å². The topological polar surface area (TPSA) is 86.9 Å². The highest BCUT2D eigenvalue weighted by molar-refractivity contribution is 7.99. The second kappa shape index (κ2) is 8.61. The number of aromatic amines is 1. The summed E-state index contributed by atoms with van der Waals surface area (Å²) in [5.74, 6) is 0.127. The van der Waals surface area contributed by atoms with Crippen molar-refractivity contribution in [2.75, 3.05) is 10.6 Å². The normalized spacial score (nSPS) is 10.7. The van der Waals surface area contributed by atoms with Crippen molar-refractivity contribution in [3.8, 4) is 0 Å². The zero-order valence-electron chi connectivity index (χ0n) is 15.9. The molecule has 8 heteroatoms. The number of fused-ring (bicyclic) bond motifs is 1. The van der Waals surface area contributed by atoms with E-state index in [1.165, 1.54) is 6.92 Å². The number of amides is 2. The number of rotatable bonds is 5. The maximum atomic E-state index is 12.4. The van der Waals surface area contributed by atoms with Crippen LogP contribution in [0.25, 0.3) is 10.9 Å². The predicted molar refractivity (Wildman–Crippen MR) is 120 cm³/mol. The maximum absolute atomic E-state index is 12.4. The van der Waals surface area contributed by atoms with Gasteiger partial charge in [-0.3, -0.25) is 14.7 Å². The van der Waals surface area contributed by atoms with Crippen LogP contribution >= 0.6 is 23.4 Å². The van der Waals surface area contributed by atoms with Gasteiger partial charge in [0, 0.05) is 38.4 Å². The smallest absolute Gasteiger partial charge is 0.255 e. The number of aromatic nitrogens is 2. The second-order valence-corrected chi connectivity index (χ2v) is 8.14. The molecule has 4 rings (SSSR count). The SMILES string of the molecule is CC(=O)Nc1n[nH]c2cc(Sc3cccc(NC(=O)c4cccc(Cl)c4)c3)ccc12. The van der Waals surface area contributed by atoms with Gasteiger partial charge in [0.25, 0.3) is 5.91 Å². The Morgan fingerprint density at radius 3 is 2.57 bits per heavy atom. The Bertz CT molecular complexity index is 1250. The van der Waals surface area contributed by atoms with Crippen molar-refractivity contribution in [2.24, 2.45) is 0 Å². The number of anilines is 2. The third kappa shape index (κ3) is 4.64. The Labute approximate surface area is 182 Å². The highest BCUT2D eigenvalue weighted by atomic mass is 35.5. The summed E-state index contributed by atoms with van der Waals surface area (Å²) < 4.78 is 0. The van der Waals surface area contributed by atoms with Gasteiger partial charge < -0.3 is 10.6 Å². The van der Waals surface area contributed by atoms with Gasteiger partial charge in [-0.2, -0.15) is 5.10 Å². The van der Waals surface area contributed by atoms with Crippen molar-refractivity contribution in [3.05, 3.63) is 77.3 Å². The maximum Gasteiger partial charge on any atom is 0.255 e. The summed E-state index contributed by atoms with van der Waals surface area (Å²) in [4.78, 5) is 25.7. The molecule has 4 aromatic rings. The largest absolute Gasteiger partial charge is 0.322 e. The van der Waals surface area contributed by atoms with Crippen molar-refractivity contribution < 1.29 is 9.59 Å². The molecule has 150 valence electrons. The van der Waals surface area contributed by atoms with Crippen LogP contribution < -0.4 is 10.6 Å². The van der Waals surface area contributed by atoms with E-state index < -0.39 is 0 Å². The average molecular weight is 437 g/mol. The fourth-order valence-corrected chi connectivity index (χ4v) is 4.04. The quantitative estimate of drug-likeness (QED) is 0.381. The summed E-state index contributed by atoms with van der Waals surface area (Å²) in [6.07, 6.45) is 0. The van der Waals surface area contributed by atoms with Crippen LogP contribution in [0.15, 0.2) is 76.5 Å². The summed E-state index contributed by atoms with van der Waals surface area (Å²) in [6, 6.07) is 20.3. The Hall–Kier alpha value is -3.29. The van der Waals surface area contributed by atoms with E-state index >= 15 is 0 Å². The number of carbonyl (C=O) groups is 2. The van der Waals surface area contributed by atoms with E-state index in [0.29, 0.717) is 22.1 Å². The minimum absolute atomic E-state index is 0.168. The van der Waals surface area contributed by atoms with Gasteiger partial charge in [-0.1, -0.05) is 35.5 Å². The van der Waals surface area contributed by atoms with E-state index in [0.717, 1.165) is 20.7 Å². The van der Waals surface area contributed by atoms with Gasteiger partial charge in [0.1, 0.15) is 0 Å². The third-order valence-electron chi connectivity index (χ3n) is 4.24. The zero-order chi connectivity index (χ0) is 21.1. The summed E-state index contributed by atoms with van der Waals surface area (Å²) >= 11 is 7.52. The number of benzene rings is 3. The lowest BCUT2D eigenvalue weighted by Gasteiger charge is -2.08. The Morgan fingerprint density at radius 2 is 1.77 bits per heavy atom. The first-order valence-electron chi connectivity index (χ1n) is 9.08. The number of hydrogen-bond acceptors (Lipinski definition) is 4. The molecule has 3 N–H and O–H groups in total. The summed E-state index contributed by atoms with van der Waals surface area (Å²) in [5.41, 5.74) is 2.02. The van der Waals surface area contributed by atoms with Crippen molar-refractivity contribution in [2.45, 2.75) is 16.7 Å². The van der Waals surface area contributed by atoms with Gasteiger partial charge in [0.15, 0.2) is 5.82 Å². The summed E-state index contributed by atoms with van der Waals surface area (Å²) in [6.45, 7) is 1.45. The van der Waals surface area contributed by atoms with E-state index in [9.17, 15) is 9.59 Å². The molecule has 0 aliphatic heterocycles. The van der Waals surface area contributed by atoms with E-state index in [1.807, 2.05) is 42.5 Å². The lowest BCUT2D eigenvalue weighted by atomic mass is 10.2. The molecule has 6 nitrogen and oxygen atoms in total. The number of nitrogens with zero attached hydrogens (tertiary/aromatic N) is 1. The molecule has 1 aromatic heterocycles. The standard InChI is InChI=1S/C22H17ClN4O2S/c1-13(28)24-21-19-9-8-18(12-20(19)26-27-21)30-17-7-3-6-16(11-17)25-22(29)14-4-2-5-15(23)10-14/h2-12H,1H3,(H,25,29)(H2,24,26,27,28). The van der Waals surface area contributed by atoms with Gasteiger partial charge in [-0.05, 0) is 54.6 Å². The second-order valence-electron chi connectivity index (χ2n) is 6.56. The van der Waals surface area contributed by atoms with Crippen molar-refractivity contribution in [1.29, 1.82) is 0 Å². The van der Waals surface area contributed by atoms with Crippen molar-refractivity contribution >= 4 is 57.6 Å². The molecule has 0 bridgehead atoms. The molecule has 30 heavy (non-hydrogen) atoms. The van der Waals surface area contributed by atoms with Gasteiger partial charge in [-0.25, -0.2) is 0 Å². The lowest BCUT2D eigenvalue weighted by Crippen LogP contribution is -2.11. The molecule has 2 amide bonds. The molecule has 1 heterocycles. The molecule has 0 saturated heterocycles. The van der Waals surface area contributed by atoms with E-state index in [-0.39, 0.29) is 11.8 Å².